The molecular weight excluding hydrogens is 645 g/mol. The molecule has 0 atom stereocenters. The molecule has 6 fully saturated rings. The summed E-state index contributed by atoms with van der Waals surface area (Å²) in [6.45, 7) is 0. The molecule has 0 heterocycles. The van der Waals surface area contributed by atoms with Gasteiger partial charge in [-0.3, -0.25) is 9.98 Å². The van der Waals surface area contributed by atoms with Gasteiger partial charge in [-0.2, -0.15) is 0 Å². The first-order valence-corrected chi connectivity index (χ1v) is 19.4. The van der Waals surface area contributed by atoms with Gasteiger partial charge in [-0.25, -0.2) is 0 Å². The number of ether oxygens (including phenoxy) is 2. The second-order valence-corrected chi connectivity index (χ2v) is 21.0. The Morgan fingerprint density at radius 3 is 1.10 bits per heavy atom. The van der Waals surface area contributed by atoms with E-state index in [9.17, 15) is 0 Å². The number of nitrogens with zero attached hydrogens (tertiary/aromatic N) is 2. The van der Waals surface area contributed by atoms with Crippen molar-refractivity contribution in [2.45, 2.75) is 99.2 Å². The molecule has 0 unspecified atom stereocenters. The Morgan fingerprint density at radius 2 is 0.900 bits per heavy atom. The topological polar surface area (TPSA) is 95.2 Å². The van der Waals surface area contributed by atoms with Crippen LogP contribution in [0.2, 0.25) is 0 Å². The maximum absolute atomic E-state index is 6.10. The summed E-state index contributed by atoms with van der Waals surface area (Å²) in [5, 5.41) is 0. The van der Waals surface area contributed by atoms with Gasteiger partial charge in [-0.15, -0.1) is 0 Å². The van der Waals surface area contributed by atoms with Gasteiger partial charge in [0.05, 0.1) is 25.3 Å². The number of aliphatic imine (C=N–C) groups is 2. The molecule has 6 rings (SSSR count). The number of rotatable bonds is 4. The van der Waals surface area contributed by atoms with Crippen molar-refractivity contribution < 1.29 is 18.9 Å². The zero-order valence-corrected chi connectivity index (χ0v) is 24.4. The van der Waals surface area contributed by atoms with Crippen molar-refractivity contribution in [2.75, 3.05) is 14.2 Å². The van der Waals surface area contributed by atoms with Crippen molar-refractivity contribution in [1.82, 2.24) is 0 Å². The van der Waals surface area contributed by atoms with Gasteiger partial charge in [-0.05, 0) is 77.0 Å². The van der Waals surface area contributed by atoms with Crippen molar-refractivity contribution in [1.29, 1.82) is 0 Å². The third-order valence-electron chi connectivity index (χ3n) is 7.39. The summed E-state index contributed by atoms with van der Waals surface area (Å²) >= 11 is 4.74. The van der Waals surface area contributed by atoms with Crippen molar-refractivity contribution in [3.63, 3.8) is 0 Å². The third-order valence-corrected chi connectivity index (χ3v) is 7.39. The summed E-state index contributed by atoms with van der Waals surface area (Å²) in [4.78, 5) is 9.14. The minimum atomic E-state index is 0. The fraction of sp³-hybridized carbons (Fsp3) is 0.857. The van der Waals surface area contributed by atoms with Gasteiger partial charge in [0, 0.05) is 11.1 Å². The zero-order chi connectivity index (χ0) is 21.4. The molecule has 6 aliphatic rings. The second-order valence-electron chi connectivity index (χ2n) is 9.18. The van der Waals surface area contributed by atoms with Crippen LogP contribution in [0, 0.1) is 7.43 Å². The fourth-order valence-electron chi connectivity index (χ4n) is 5.11. The molecule has 6 saturated carbocycles. The van der Waals surface area contributed by atoms with Gasteiger partial charge in [-0.1, -0.05) is 0 Å². The summed E-state index contributed by atoms with van der Waals surface area (Å²) in [5.41, 5.74) is 12.8. The molecule has 0 saturated heterocycles. The Labute approximate surface area is 212 Å². The Kier molecular flexibility index (Phi) is 12.5. The number of methoxy groups -OCH3 is 2. The first kappa shape index (κ1) is 28.9. The van der Waals surface area contributed by atoms with Crippen LogP contribution in [0.4, 0.5) is 0 Å². The molecule has 0 aromatic carbocycles. The van der Waals surface area contributed by atoms with Gasteiger partial charge in [0.2, 0.25) is 0 Å². The first-order chi connectivity index (χ1) is 13.8. The van der Waals surface area contributed by atoms with E-state index in [4.69, 9.17) is 20.9 Å². The van der Waals surface area contributed by atoms with Crippen LogP contribution < -0.4 is 11.5 Å². The monoisotopic (exact) mass is 684 g/mol. The molecule has 0 aromatic rings. The van der Waals surface area contributed by atoms with Crippen LogP contribution in [0.25, 0.3) is 0 Å². The summed E-state index contributed by atoms with van der Waals surface area (Å²) in [6.07, 6.45) is 16.8. The van der Waals surface area contributed by atoms with Gasteiger partial charge in [0.25, 0.3) is 0 Å². The molecule has 9 heteroatoms. The summed E-state index contributed by atoms with van der Waals surface area (Å²) in [6, 6.07) is 0. The predicted octanol–water partition coefficient (Wildman–Crippen LogP) is 5.15. The molecule has 6 nitrogen and oxygen atoms in total. The van der Waals surface area contributed by atoms with Crippen LogP contribution in [0.1, 0.15) is 77.0 Å². The van der Waals surface area contributed by atoms with Crippen molar-refractivity contribution in [2.24, 2.45) is 21.5 Å². The molecule has 0 aromatic heterocycles. The molecule has 4 N–H and O–H groups in total. The van der Waals surface area contributed by atoms with E-state index >= 15 is 0 Å². The summed E-state index contributed by atoms with van der Waals surface area (Å²) in [5.74, 6) is 0. The average Bonchev–Trinajstić information content (AvgIpc) is 2.75. The number of halogens is 2. The first-order valence-electron chi connectivity index (χ1n) is 10.4. The normalized spacial score (nSPS) is 38.7. The van der Waals surface area contributed by atoms with E-state index in [1.165, 1.54) is 0 Å². The van der Waals surface area contributed by atoms with Crippen LogP contribution in [0.3, 0.4) is 0 Å². The van der Waals surface area contributed by atoms with Crippen LogP contribution >= 0.6 is 40.0 Å². The van der Waals surface area contributed by atoms with Gasteiger partial charge >= 0.3 is 49.4 Å². The van der Waals surface area contributed by atoms with E-state index in [0.29, 0.717) is 9.47 Å². The zero-order valence-electron chi connectivity index (χ0n) is 18.7. The van der Waals surface area contributed by atoms with Gasteiger partial charge < -0.3 is 28.4 Å². The summed E-state index contributed by atoms with van der Waals surface area (Å²) < 4.78 is 9.87. The van der Waals surface area contributed by atoms with Gasteiger partial charge in [0.15, 0.2) is 12.8 Å². The van der Waals surface area contributed by atoms with E-state index in [1.54, 1.807) is 27.0 Å². The molecule has 0 aliphatic heterocycles. The Balaban J connectivity index is 0.000000276. The van der Waals surface area contributed by atoms with Crippen molar-refractivity contribution >= 4 is 52.8 Å². The molecule has 0 spiro atoms. The van der Waals surface area contributed by atoms with Crippen LogP contribution in [-0.2, 0) is 18.9 Å². The standard InChI is InChI=1S/C12H20N2O2.C8H16N2.CH3.2HI.V/c1-15-9-13-11-3-6-12(7-4-11,8-5-11)14-10-16-2;9-7-1-2-8(10,5-3-7)6-4-7;;;;/h9-10H,3-8H2,1-2H3;1-6,9-10H2;1H3;2*1H;/q;;-1;;;+2/p-2. The van der Waals surface area contributed by atoms with E-state index in [0.717, 1.165) is 77.0 Å². The summed E-state index contributed by atoms with van der Waals surface area (Å²) in [7, 11) is 3.93. The van der Waals surface area contributed by atoms with Crippen LogP contribution in [-0.4, -0.2) is 49.2 Å². The van der Waals surface area contributed by atoms with E-state index in [1.807, 2.05) is 0 Å². The third kappa shape index (κ3) is 8.04. The second kappa shape index (κ2) is 13.0. The molecule has 0 amide bonds. The Bertz CT molecular complexity index is 480. The Morgan fingerprint density at radius 1 is 0.667 bits per heavy atom. The number of nitrogens with two attached hydrogens (primary N) is 2. The van der Waals surface area contributed by atoms with E-state index < -0.39 is 0 Å². The number of hydrogen-bond acceptors (Lipinski definition) is 6. The van der Waals surface area contributed by atoms with Crippen LogP contribution in [0.5, 0.6) is 0 Å². The molecule has 30 heavy (non-hydrogen) atoms. The number of hydrogen-bond donors (Lipinski definition) is 2. The predicted molar refractivity (Wildman–Crippen MR) is 140 cm³/mol. The number of fused-ring (bicyclic) bond motifs is 6. The van der Waals surface area contributed by atoms with E-state index in [-0.39, 0.29) is 29.6 Å². The van der Waals surface area contributed by atoms with Gasteiger partial charge in [0.1, 0.15) is 0 Å². The minimum absolute atomic E-state index is 0. The maximum atomic E-state index is 6.10. The van der Waals surface area contributed by atoms with Crippen LogP contribution in [0.15, 0.2) is 9.98 Å². The fourth-order valence-corrected chi connectivity index (χ4v) is 5.11. The average molecular weight is 684 g/mol. The molecule has 0 radical (unpaired) electrons. The molecule has 6 aliphatic carbocycles. The molecular formula is C21H39I2N4O2V-. The quantitative estimate of drug-likeness (QED) is 0.186. The molecule has 175 valence electrons. The van der Waals surface area contributed by atoms with Crippen molar-refractivity contribution in [3.8, 4) is 0 Å². The Hall–Kier alpha value is 0.904. The SMILES string of the molecule is COC=NC12CCC(N=COC)(CC1)CC2.NC12CCC(N)(CC1)CC2.[CH3-].[I][V][I]. The van der Waals surface area contributed by atoms with E-state index in [2.05, 4.69) is 49.9 Å². The van der Waals surface area contributed by atoms with Crippen molar-refractivity contribution in [3.05, 3.63) is 7.43 Å². The molecule has 4 bridgehead atoms.